The molecule has 7 nitrogen and oxygen atoms in total. The van der Waals surface area contributed by atoms with Crippen LogP contribution in [0.3, 0.4) is 0 Å². The van der Waals surface area contributed by atoms with Gasteiger partial charge >= 0.3 is 6.01 Å². The molecule has 0 saturated carbocycles. The SMILES string of the molecule is CCNCc1nnc(NCc2nc(C)c(C)o2)o1. The Hall–Kier alpha value is -1.89. The molecule has 18 heavy (non-hydrogen) atoms. The van der Waals surface area contributed by atoms with Crippen molar-refractivity contribution >= 4 is 6.01 Å². The zero-order chi connectivity index (χ0) is 13.0. The third-order valence-electron chi connectivity index (χ3n) is 2.46. The molecular weight excluding hydrogens is 234 g/mol. The quantitative estimate of drug-likeness (QED) is 0.802. The van der Waals surface area contributed by atoms with Gasteiger partial charge in [0.2, 0.25) is 11.8 Å². The number of nitrogens with one attached hydrogen (secondary N) is 2. The Bertz CT molecular complexity index is 486. The highest BCUT2D eigenvalue weighted by Gasteiger charge is 2.08. The van der Waals surface area contributed by atoms with Crippen molar-refractivity contribution in [1.29, 1.82) is 0 Å². The topological polar surface area (TPSA) is 89.0 Å². The highest BCUT2D eigenvalue weighted by molar-refractivity contribution is 5.18. The van der Waals surface area contributed by atoms with E-state index in [9.17, 15) is 0 Å². The van der Waals surface area contributed by atoms with Gasteiger partial charge in [-0.05, 0) is 20.4 Å². The molecule has 0 aromatic carbocycles. The number of oxazole rings is 1. The second-order valence-corrected chi connectivity index (χ2v) is 3.88. The van der Waals surface area contributed by atoms with Crippen LogP contribution >= 0.6 is 0 Å². The minimum Gasteiger partial charge on any atom is -0.444 e. The Morgan fingerprint density at radius 1 is 1.06 bits per heavy atom. The molecule has 2 N–H and O–H groups in total. The highest BCUT2D eigenvalue weighted by Crippen LogP contribution is 2.11. The first-order valence-electron chi connectivity index (χ1n) is 5.89. The lowest BCUT2D eigenvalue weighted by Gasteiger charge is -1.96. The molecule has 2 aromatic heterocycles. The average Bonchev–Trinajstić information content (AvgIpc) is 2.92. The maximum absolute atomic E-state index is 5.43. The first kappa shape index (κ1) is 12.6. The van der Waals surface area contributed by atoms with E-state index in [0.717, 1.165) is 18.0 Å². The summed E-state index contributed by atoms with van der Waals surface area (Å²) in [6.45, 7) is 7.67. The number of hydrogen-bond donors (Lipinski definition) is 2. The Balaban J connectivity index is 1.88. The van der Waals surface area contributed by atoms with E-state index in [-0.39, 0.29) is 0 Å². The maximum atomic E-state index is 5.43. The van der Waals surface area contributed by atoms with Crippen molar-refractivity contribution in [3.05, 3.63) is 23.2 Å². The molecule has 0 aliphatic heterocycles. The van der Waals surface area contributed by atoms with Crippen molar-refractivity contribution in [1.82, 2.24) is 20.5 Å². The summed E-state index contributed by atoms with van der Waals surface area (Å²) >= 11 is 0. The van der Waals surface area contributed by atoms with Crippen LogP contribution in [-0.2, 0) is 13.1 Å². The second-order valence-electron chi connectivity index (χ2n) is 3.88. The standard InChI is InChI=1S/C11H17N5O2/c1-4-12-5-10-15-16-11(18-10)13-6-9-14-7(2)8(3)17-9/h12H,4-6H2,1-3H3,(H,13,16). The van der Waals surface area contributed by atoms with Gasteiger partial charge in [-0.2, -0.15) is 0 Å². The molecule has 0 atom stereocenters. The first-order valence-corrected chi connectivity index (χ1v) is 5.89. The molecule has 0 bridgehead atoms. The molecule has 0 aliphatic carbocycles. The summed E-state index contributed by atoms with van der Waals surface area (Å²) in [4.78, 5) is 4.25. The third-order valence-corrected chi connectivity index (χ3v) is 2.46. The van der Waals surface area contributed by atoms with Gasteiger partial charge in [0.05, 0.1) is 18.8 Å². The van der Waals surface area contributed by atoms with Gasteiger partial charge in [0, 0.05) is 0 Å². The molecule has 0 aliphatic rings. The molecule has 0 spiro atoms. The van der Waals surface area contributed by atoms with E-state index in [0.29, 0.717) is 30.9 Å². The normalized spacial score (nSPS) is 10.8. The Kier molecular flexibility index (Phi) is 3.93. The Morgan fingerprint density at radius 3 is 2.56 bits per heavy atom. The van der Waals surface area contributed by atoms with Crippen molar-refractivity contribution in [2.24, 2.45) is 0 Å². The zero-order valence-electron chi connectivity index (χ0n) is 10.8. The van der Waals surface area contributed by atoms with Gasteiger partial charge in [0.15, 0.2) is 0 Å². The number of hydrogen-bond acceptors (Lipinski definition) is 7. The fraction of sp³-hybridized carbons (Fsp3) is 0.545. The van der Waals surface area contributed by atoms with Crippen LogP contribution in [-0.4, -0.2) is 21.7 Å². The van der Waals surface area contributed by atoms with Gasteiger partial charge in [-0.1, -0.05) is 12.0 Å². The summed E-state index contributed by atoms with van der Waals surface area (Å²) in [6.07, 6.45) is 0. The first-order chi connectivity index (χ1) is 8.69. The lowest BCUT2D eigenvalue weighted by atomic mass is 10.4. The molecule has 7 heteroatoms. The van der Waals surface area contributed by atoms with Crippen LogP contribution in [0.5, 0.6) is 0 Å². The minimum atomic E-state index is 0.372. The van der Waals surface area contributed by atoms with Crippen molar-refractivity contribution < 1.29 is 8.83 Å². The molecule has 2 rings (SSSR count). The maximum Gasteiger partial charge on any atom is 0.315 e. The summed E-state index contributed by atoms with van der Waals surface area (Å²) in [7, 11) is 0. The molecule has 0 radical (unpaired) electrons. The molecule has 0 fully saturated rings. The van der Waals surface area contributed by atoms with Crippen LogP contribution in [0.15, 0.2) is 8.83 Å². The van der Waals surface area contributed by atoms with E-state index in [2.05, 4.69) is 25.8 Å². The van der Waals surface area contributed by atoms with Crippen LogP contribution in [0.1, 0.15) is 30.2 Å². The fourth-order valence-corrected chi connectivity index (χ4v) is 1.39. The van der Waals surface area contributed by atoms with E-state index < -0.39 is 0 Å². The van der Waals surface area contributed by atoms with Crippen molar-refractivity contribution in [2.75, 3.05) is 11.9 Å². The van der Waals surface area contributed by atoms with Gasteiger partial charge in [-0.25, -0.2) is 4.98 Å². The molecule has 0 unspecified atom stereocenters. The van der Waals surface area contributed by atoms with Crippen LogP contribution in [0, 0.1) is 13.8 Å². The summed E-state index contributed by atoms with van der Waals surface area (Å²) in [5, 5.41) is 13.9. The van der Waals surface area contributed by atoms with Gasteiger partial charge in [0.1, 0.15) is 5.76 Å². The summed E-state index contributed by atoms with van der Waals surface area (Å²) < 4.78 is 10.8. The molecule has 98 valence electrons. The van der Waals surface area contributed by atoms with Gasteiger partial charge in [-0.15, -0.1) is 5.10 Å². The number of aromatic nitrogens is 3. The van der Waals surface area contributed by atoms with Crippen LogP contribution < -0.4 is 10.6 Å². The Morgan fingerprint density at radius 2 is 1.89 bits per heavy atom. The van der Waals surface area contributed by atoms with Gasteiger partial charge in [-0.3, -0.25) is 0 Å². The molecule has 0 amide bonds. The highest BCUT2D eigenvalue weighted by atomic mass is 16.4. The van der Waals surface area contributed by atoms with Crippen LogP contribution in [0.2, 0.25) is 0 Å². The zero-order valence-corrected chi connectivity index (χ0v) is 10.8. The number of aryl methyl sites for hydroxylation is 2. The summed E-state index contributed by atoms with van der Waals surface area (Å²) in [5.41, 5.74) is 0.894. The number of rotatable bonds is 6. The lowest BCUT2D eigenvalue weighted by molar-refractivity contribution is 0.462. The summed E-state index contributed by atoms with van der Waals surface area (Å²) in [6, 6.07) is 0.372. The molecular formula is C11H17N5O2. The summed E-state index contributed by atoms with van der Waals surface area (Å²) in [5.74, 6) is 1.99. The largest absolute Gasteiger partial charge is 0.444 e. The molecule has 0 saturated heterocycles. The predicted octanol–water partition coefficient (Wildman–Crippen LogP) is 1.40. The smallest absolute Gasteiger partial charge is 0.315 e. The minimum absolute atomic E-state index is 0.372. The van der Waals surface area contributed by atoms with E-state index in [1.807, 2.05) is 20.8 Å². The van der Waals surface area contributed by atoms with Crippen molar-refractivity contribution in [3.63, 3.8) is 0 Å². The fourth-order valence-electron chi connectivity index (χ4n) is 1.39. The second kappa shape index (κ2) is 5.63. The number of anilines is 1. The van der Waals surface area contributed by atoms with Gasteiger partial charge in [0.25, 0.3) is 0 Å². The Labute approximate surface area is 105 Å². The van der Waals surface area contributed by atoms with Crippen molar-refractivity contribution in [3.8, 4) is 0 Å². The van der Waals surface area contributed by atoms with Gasteiger partial charge < -0.3 is 19.5 Å². The molecule has 2 heterocycles. The van der Waals surface area contributed by atoms with Crippen LogP contribution in [0.4, 0.5) is 6.01 Å². The van der Waals surface area contributed by atoms with E-state index >= 15 is 0 Å². The predicted molar refractivity (Wildman–Crippen MR) is 65.0 cm³/mol. The average molecular weight is 251 g/mol. The van der Waals surface area contributed by atoms with Crippen LogP contribution in [0.25, 0.3) is 0 Å². The number of nitrogens with zero attached hydrogens (tertiary/aromatic N) is 3. The third kappa shape index (κ3) is 3.07. The lowest BCUT2D eigenvalue weighted by Crippen LogP contribution is -2.11. The van der Waals surface area contributed by atoms with E-state index in [4.69, 9.17) is 8.83 Å². The molecule has 2 aromatic rings. The monoisotopic (exact) mass is 251 g/mol. The van der Waals surface area contributed by atoms with E-state index in [1.54, 1.807) is 0 Å². The van der Waals surface area contributed by atoms with E-state index in [1.165, 1.54) is 0 Å². The van der Waals surface area contributed by atoms with Crippen molar-refractivity contribution in [2.45, 2.75) is 33.9 Å².